The zero-order valence-electron chi connectivity index (χ0n) is 10.5. The Balaban J connectivity index is 2.13. The normalized spacial score (nSPS) is 13.3. The molecule has 2 atom stereocenters. The predicted octanol–water partition coefficient (Wildman–Crippen LogP) is 2.17. The highest BCUT2D eigenvalue weighted by atomic mass is 32.2. The van der Waals surface area contributed by atoms with E-state index in [0.29, 0.717) is 19.0 Å². The van der Waals surface area contributed by atoms with Crippen molar-refractivity contribution in [2.75, 3.05) is 24.9 Å². The van der Waals surface area contributed by atoms with Crippen molar-refractivity contribution in [2.45, 2.75) is 6.61 Å². The number of ether oxygens (including phenoxy) is 1. The van der Waals surface area contributed by atoms with Crippen LogP contribution >= 0.6 is 20.0 Å². The van der Waals surface area contributed by atoms with Crippen LogP contribution in [0.4, 0.5) is 0 Å². The molecule has 0 spiro atoms. The first-order valence-corrected chi connectivity index (χ1v) is 8.10. The minimum Gasteiger partial charge on any atom is -0.396 e. The van der Waals surface area contributed by atoms with Gasteiger partial charge in [0.15, 0.2) is 5.94 Å². The number of aliphatic hydroxyl groups is 1. The van der Waals surface area contributed by atoms with E-state index in [-0.39, 0.29) is 18.5 Å². The molecule has 19 heavy (non-hydrogen) atoms. The van der Waals surface area contributed by atoms with E-state index in [9.17, 15) is 9.67 Å². The minimum atomic E-state index is -2.54. The molecule has 0 amide bonds. The summed E-state index contributed by atoms with van der Waals surface area (Å²) < 4.78 is 20.3. The summed E-state index contributed by atoms with van der Waals surface area (Å²) in [7, 11) is -2.54. The summed E-state index contributed by atoms with van der Waals surface area (Å²) >= 11 is 1.35. The summed E-state index contributed by atoms with van der Waals surface area (Å²) in [5, 5.41) is 9.19. The maximum atomic E-state index is 10.3. The molecule has 0 fully saturated rings. The molecule has 1 rings (SSSR count). The molecule has 106 valence electrons. The SMILES string of the molecule is O=[P+](O)OCSCC(CO)COCc1ccccc1. The van der Waals surface area contributed by atoms with Gasteiger partial charge in [0.25, 0.3) is 0 Å². The molecule has 0 bridgehead atoms. The molecule has 0 heterocycles. The van der Waals surface area contributed by atoms with Gasteiger partial charge in [-0.05, 0) is 5.56 Å². The van der Waals surface area contributed by atoms with Crippen molar-refractivity contribution in [2.24, 2.45) is 5.92 Å². The first kappa shape index (κ1) is 16.6. The molecule has 7 heteroatoms. The highest BCUT2D eigenvalue weighted by Crippen LogP contribution is 2.19. The molecule has 2 unspecified atom stereocenters. The lowest BCUT2D eigenvalue weighted by molar-refractivity contribution is 0.0712. The van der Waals surface area contributed by atoms with Crippen LogP contribution in [-0.2, 0) is 20.4 Å². The highest BCUT2D eigenvalue weighted by Gasteiger charge is 2.13. The van der Waals surface area contributed by atoms with Crippen molar-refractivity contribution < 1.29 is 23.8 Å². The first-order chi connectivity index (χ1) is 9.22. The van der Waals surface area contributed by atoms with Crippen molar-refractivity contribution in [1.82, 2.24) is 0 Å². The second-order valence-electron chi connectivity index (χ2n) is 3.90. The maximum Gasteiger partial charge on any atom is 0.695 e. The van der Waals surface area contributed by atoms with Crippen LogP contribution in [0.2, 0.25) is 0 Å². The Kier molecular flexibility index (Phi) is 8.99. The summed E-state index contributed by atoms with van der Waals surface area (Å²) in [6.45, 7) is 0.984. The van der Waals surface area contributed by atoms with Gasteiger partial charge >= 0.3 is 8.25 Å². The third-order valence-electron chi connectivity index (χ3n) is 2.32. The third kappa shape index (κ3) is 8.31. The van der Waals surface area contributed by atoms with Gasteiger partial charge in [-0.2, -0.15) is 0 Å². The van der Waals surface area contributed by atoms with Crippen LogP contribution in [0.15, 0.2) is 30.3 Å². The van der Waals surface area contributed by atoms with E-state index in [1.54, 1.807) is 0 Å². The lowest BCUT2D eigenvalue weighted by Crippen LogP contribution is -2.17. The Morgan fingerprint density at radius 2 is 2.05 bits per heavy atom. The van der Waals surface area contributed by atoms with Crippen LogP contribution in [0.1, 0.15) is 5.56 Å². The number of hydrogen-bond donors (Lipinski definition) is 2. The van der Waals surface area contributed by atoms with Crippen LogP contribution in [0.3, 0.4) is 0 Å². The molecule has 0 saturated carbocycles. The molecule has 1 aromatic carbocycles. The number of aliphatic hydroxyl groups excluding tert-OH is 1. The van der Waals surface area contributed by atoms with E-state index in [1.807, 2.05) is 30.3 Å². The molecular weight excluding hydrogens is 287 g/mol. The fourth-order valence-corrected chi connectivity index (χ4v) is 2.66. The van der Waals surface area contributed by atoms with Crippen molar-refractivity contribution in [3.8, 4) is 0 Å². The molecule has 0 saturated heterocycles. The van der Waals surface area contributed by atoms with Crippen molar-refractivity contribution in [3.63, 3.8) is 0 Å². The summed E-state index contributed by atoms with van der Waals surface area (Å²) in [6.07, 6.45) is 0. The molecule has 2 N–H and O–H groups in total. The van der Waals surface area contributed by atoms with Crippen molar-refractivity contribution in [3.05, 3.63) is 35.9 Å². The van der Waals surface area contributed by atoms with E-state index >= 15 is 0 Å². The lowest BCUT2D eigenvalue weighted by atomic mass is 10.2. The van der Waals surface area contributed by atoms with Gasteiger partial charge in [0.2, 0.25) is 0 Å². The van der Waals surface area contributed by atoms with E-state index in [1.165, 1.54) is 11.8 Å². The monoisotopic (exact) mass is 305 g/mol. The summed E-state index contributed by atoms with van der Waals surface area (Å²) in [5.74, 6) is 0.754. The Morgan fingerprint density at radius 3 is 2.68 bits per heavy atom. The second-order valence-corrected chi connectivity index (χ2v) is 5.62. The average Bonchev–Trinajstić information content (AvgIpc) is 2.42. The van der Waals surface area contributed by atoms with Crippen LogP contribution in [-0.4, -0.2) is 34.9 Å². The fraction of sp³-hybridized carbons (Fsp3) is 0.500. The number of rotatable bonds is 10. The van der Waals surface area contributed by atoms with E-state index in [2.05, 4.69) is 4.52 Å². The van der Waals surface area contributed by atoms with Crippen LogP contribution in [0.5, 0.6) is 0 Å². The van der Waals surface area contributed by atoms with Gasteiger partial charge in [-0.25, -0.2) is 0 Å². The van der Waals surface area contributed by atoms with Gasteiger partial charge in [-0.3, -0.25) is 0 Å². The molecule has 5 nitrogen and oxygen atoms in total. The summed E-state index contributed by atoms with van der Waals surface area (Å²) in [4.78, 5) is 8.44. The highest BCUT2D eigenvalue weighted by molar-refractivity contribution is 7.99. The standard InChI is InChI=1S/C12H17O5PS/c13-6-12(9-19-10-17-18(14)15)8-16-7-11-4-2-1-3-5-11/h1-5,12-13H,6-10H2/p+1. The van der Waals surface area contributed by atoms with Gasteiger partial charge in [-0.15, -0.1) is 21.2 Å². The maximum absolute atomic E-state index is 10.3. The van der Waals surface area contributed by atoms with Crippen molar-refractivity contribution >= 4 is 20.0 Å². The molecule has 0 aliphatic rings. The Bertz CT molecular complexity index is 362. The average molecular weight is 305 g/mol. The van der Waals surface area contributed by atoms with Crippen LogP contribution in [0, 0.1) is 5.92 Å². The van der Waals surface area contributed by atoms with E-state index in [0.717, 1.165) is 5.56 Å². The fourth-order valence-electron chi connectivity index (χ4n) is 1.37. The largest absolute Gasteiger partial charge is 0.695 e. The topological polar surface area (TPSA) is 76.0 Å². The van der Waals surface area contributed by atoms with E-state index < -0.39 is 8.25 Å². The quantitative estimate of drug-likeness (QED) is 0.392. The zero-order chi connectivity index (χ0) is 13.9. The molecule has 1 aromatic rings. The first-order valence-electron chi connectivity index (χ1n) is 5.81. The summed E-state index contributed by atoms with van der Waals surface area (Å²) in [5.41, 5.74) is 1.09. The van der Waals surface area contributed by atoms with Gasteiger partial charge in [-0.1, -0.05) is 30.3 Å². The molecule has 0 aromatic heterocycles. The van der Waals surface area contributed by atoms with Crippen LogP contribution < -0.4 is 0 Å². The Hall–Kier alpha value is -0.490. The molecule has 0 aliphatic carbocycles. The third-order valence-corrected chi connectivity index (χ3v) is 3.84. The molecular formula is C12H18O5PS+. The zero-order valence-corrected chi connectivity index (χ0v) is 12.2. The number of hydrogen-bond acceptors (Lipinski definition) is 5. The van der Waals surface area contributed by atoms with E-state index in [4.69, 9.17) is 9.63 Å². The van der Waals surface area contributed by atoms with Crippen LogP contribution in [0.25, 0.3) is 0 Å². The number of benzene rings is 1. The Labute approximate surface area is 117 Å². The second kappa shape index (κ2) is 10.3. The van der Waals surface area contributed by atoms with Crippen molar-refractivity contribution in [1.29, 1.82) is 0 Å². The Morgan fingerprint density at radius 1 is 1.32 bits per heavy atom. The smallest absolute Gasteiger partial charge is 0.396 e. The summed E-state index contributed by atoms with van der Waals surface area (Å²) in [6, 6.07) is 9.81. The van der Waals surface area contributed by atoms with Gasteiger partial charge < -0.3 is 9.84 Å². The predicted molar refractivity (Wildman–Crippen MR) is 74.9 cm³/mol. The molecule has 0 radical (unpaired) electrons. The van der Waals surface area contributed by atoms with Gasteiger partial charge in [0, 0.05) is 22.8 Å². The number of thioether (sulfide) groups is 1. The van der Waals surface area contributed by atoms with Gasteiger partial charge in [0.05, 0.1) is 13.2 Å². The van der Waals surface area contributed by atoms with Gasteiger partial charge in [0.1, 0.15) is 0 Å². The molecule has 0 aliphatic heterocycles. The minimum absolute atomic E-state index is 0.00566. The lowest BCUT2D eigenvalue weighted by Gasteiger charge is -2.13.